The first-order valence-electron chi connectivity index (χ1n) is 5.65. The van der Waals surface area contributed by atoms with E-state index in [-0.39, 0.29) is 9.52 Å². The molecule has 1 saturated heterocycles. The first-order valence-corrected chi connectivity index (χ1v) is 7.46. The van der Waals surface area contributed by atoms with Crippen molar-refractivity contribution in [3.63, 3.8) is 0 Å². The van der Waals surface area contributed by atoms with Crippen LogP contribution in [0.4, 0.5) is 0 Å². The first kappa shape index (κ1) is 11.0. The maximum absolute atomic E-state index is 2.68. The fourth-order valence-corrected chi connectivity index (χ4v) is 3.41. The van der Waals surface area contributed by atoms with Gasteiger partial charge in [-0.15, -0.1) is 5.70 Å². The van der Waals surface area contributed by atoms with Gasteiger partial charge in [-0.2, -0.15) is 0 Å². The van der Waals surface area contributed by atoms with Crippen molar-refractivity contribution in [2.45, 2.75) is 39.5 Å². The summed E-state index contributed by atoms with van der Waals surface area (Å²) in [6.45, 7) is 7.16. The highest BCUT2D eigenvalue weighted by Gasteiger charge is 2.07. The first-order chi connectivity index (χ1) is 6.29. The SMILES string of the molecule is CC(C)=C[SiH2]CN1CCCCCC1. The Hall–Kier alpha value is -0.0831. The molecular formula is C11H23NSi. The molecule has 0 bridgehead atoms. The molecule has 2 heteroatoms. The van der Waals surface area contributed by atoms with Crippen LogP contribution in [0.15, 0.2) is 11.3 Å². The van der Waals surface area contributed by atoms with Crippen LogP contribution in [-0.4, -0.2) is 33.7 Å². The van der Waals surface area contributed by atoms with Crippen LogP contribution in [0.25, 0.3) is 0 Å². The van der Waals surface area contributed by atoms with Crippen molar-refractivity contribution in [2.75, 3.05) is 19.3 Å². The summed E-state index contributed by atoms with van der Waals surface area (Å²) in [6, 6.07) is 0. The Morgan fingerprint density at radius 3 is 2.31 bits per heavy atom. The lowest BCUT2D eigenvalue weighted by atomic mass is 10.2. The van der Waals surface area contributed by atoms with Crippen molar-refractivity contribution in [3.8, 4) is 0 Å². The zero-order valence-electron chi connectivity index (χ0n) is 9.18. The molecule has 1 aliphatic heterocycles. The van der Waals surface area contributed by atoms with E-state index in [1.807, 2.05) is 0 Å². The Morgan fingerprint density at radius 1 is 1.15 bits per heavy atom. The molecule has 0 amide bonds. The van der Waals surface area contributed by atoms with Crippen molar-refractivity contribution >= 4 is 9.52 Å². The van der Waals surface area contributed by atoms with Gasteiger partial charge in [0.1, 0.15) is 0 Å². The van der Waals surface area contributed by atoms with Crippen LogP contribution in [0, 0.1) is 0 Å². The number of likely N-dealkylation sites (tertiary alicyclic amines) is 1. The highest BCUT2D eigenvalue weighted by molar-refractivity contribution is 6.42. The molecule has 0 spiro atoms. The molecule has 1 heterocycles. The smallest absolute Gasteiger partial charge is 0.0611 e. The van der Waals surface area contributed by atoms with Crippen LogP contribution in [0.2, 0.25) is 0 Å². The summed E-state index contributed by atoms with van der Waals surface area (Å²) in [6.07, 6.45) is 7.19. The maximum Gasteiger partial charge on any atom is 0.0611 e. The number of hydrogen-bond acceptors (Lipinski definition) is 1. The second-order valence-corrected chi connectivity index (χ2v) is 5.76. The molecule has 0 atom stereocenters. The summed E-state index contributed by atoms with van der Waals surface area (Å²) in [7, 11) is 0.0674. The lowest BCUT2D eigenvalue weighted by Crippen LogP contribution is -2.28. The molecule has 0 radical (unpaired) electrons. The van der Waals surface area contributed by atoms with E-state index >= 15 is 0 Å². The molecule has 0 aromatic carbocycles. The standard InChI is InChI=1S/C11H23NSi/c1-11(2)9-13-10-12-7-5-3-4-6-8-12/h9H,3-8,10,13H2,1-2H3. The Balaban J connectivity index is 2.15. The molecule has 0 aliphatic carbocycles. The molecule has 1 rings (SSSR count). The van der Waals surface area contributed by atoms with Crippen LogP contribution in [-0.2, 0) is 0 Å². The topological polar surface area (TPSA) is 3.24 Å². The summed E-state index contributed by atoms with van der Waals surface area (Å²) in [4.78, 5) is 2.68. The third kappa shape index (κ3) is 5.27. The van der Waals surface area contributed by atoms with Gasteiger partial charge in [0, 0.05) is 0 Å². The van der Waals surface area contributed by atoms with Crippen molar-refractivity contribution in [1.82, 2.24) is 4.90 Å². The summed E-state index contributed by atoms with van der Waals surface area (Å²) < 4.78 is 0. The average molecular weight is 197 g/mol. The van der Waals surface area contributed by atoms with Gasteiger partial charge in [-0.3, -0.25) is 0 Å². The number of nitrogens with zero attached hydrogens (tertiary/aromatic N) is 1. The molecule has 13 heavy (non-hydrogen) atoms. The van der Waals surface area contributed by atoms with Crippen molar-refractivity contribution in [3.05, 3.63) is 11.3 Å². The Bertz CT molecular complexity index is 153. The monoisotopic (exact) mass is 197 g/mol. The van der Waals surface area contributed by atoms with Crippen molar-refractivity contribution < 1.29 is 0 Å². The van der Waals surface area contributed by atoms with E-state index < -0.39 is 0 Å². The Labute approximate surface area is 85.0 Å². The van der Waals surface area contributed by atoms with Crippen LogP contribution >= 0.6 is 0 Å². The van der Waals surface area contributed by atoms with E-state index in [1.54, 1.807) is 0 Å². The Kier molecular flexibility index (Phi) is 5.40. The molecule has 1 fully saturated rings. The normalized spacial score (nSPS) is 20.5. The molecule has 0 N–H and O–H groups in total. The summed E-state index contributed by atoms with van der Waals surface area (Å²) in [5, 5.41) is 0. The van der Waals surface area contributed by atoms with E-state index in [9.17, 15) is 0 Å². The molecule has 76 valence electrons. The van der Waals surface area contributed by atoms with E-state index in [2.05, 4.69) is 24.4 Å². The molecule has 0 unspecified atom stereocenters. The third-order valence-electron chi connectivity index (χ3n) is 2.70. The highest BCUT2D eigenvalue weighted by Crippen LogP contribution is 2.08. The molecule has 0 aromatic heterocycles. The van der Waals surface area contributed by atoms with Crippen LogP contribution in [0.5, 0.6) is 0 Å². The fourth-order valence-electron chi connectivity index (χ4n) is 1.90. The minimum atomic E-state index is 0.0674. The van der Waals surface area contributed by atoms with Gasteiger partial charge < -0.3 is 4.90 Å². The predicted octanol–water partition coefficient (Wildman–Crippen LogP) is 1.91. The average Bonchev–Trinajstić information content (AvgIpc) is 2.32. The van der Waals surface area contributed by atoms with Crippen molar-refractivity contribution in [1.29, 1.82) is 0 Å². The molecule has 0 aromatic rings. The lowest BCUT2D eigenvalue weighted by Gasteiger charge is -2.18. The molecule has 1 aliphatic rings. The van der Waals surface area contributed by atoms with E-state index in [0.29, 0.717) is 0 Å². The van der Waals surface area contributed by atoms with Crippen LogP contribution in [0.1, 0.15) is 39.5 Å². The third-order valence-corrected chi connectivity index (χ3v) is 4.69. The summed E-state index contributed by atoms with van der Waals surface area (Å²) >= 11 is 0. The second kappa shape index (κ2) is 6.38. The van der Waals surface area contributed by atoms with Crippen molar-refractivity contribution in [2.24, 2.45) is 0 Å². The number of allylic oxidation sites excluding steroid dienone is 1. The molecule has 0 saturated carbocycles. The minimum absolute atomic E-state index is 0.0674. The molecule has 1 nitrogen and oxygen atoms in total. The fraction of sp³-hybridized carbons (Fsp3) is 0.818. The molecular weight excluding hydrogens is 174 g/mol. The van der Waals surface area contributed by atoms with E-state index in [4.69, 9.17) is 0 Å². The second-order valence-electron chi connectivity index (χ2n) is 4.33. The van der Waals surface area contributed by atoms with Gasteiger partial charge in [0.15, 0.2) is 0 Å². The van der Waals surface area contributed by atoms with Gasteiger partial charge in [-0.1, -0.05) is 18.4 Å². The lowest BCUT2D eigenvalue weighted by molar-refractivity contribution is 0.330. The zero-order valence-corrected chi connectivity index (χ0v) is 10.6. The zero-order chi connectivity index (χ0) is 9.52. The van der Waals surface area contributed by atoms with Gasteiger partial charge >= 0.3 is 0 Å². The minimum Gasteiger partial charge on any atom is -0.306 e. The van der Waals surface area contributed by atoms with Crippen LogP contribution in [0.3, 0.4) is 0 Å². The van der Waals surface area contributed by atoms with Gasteiger partial charge in [0.25, 0.3) is 0 Å². The van der Waals surface area contributed by atoms with E-state index in [1.165, 1.54) is 50.5 Å². The summed E-state index contributed by atoms with van der Waals surface area (Å²) in [5.74, 6) is 0. The quantitative estimate of drug-likeness (QED) is 0.625. The van der Waals surface area contributed by atoms with Crippen LogP contribution < -0.4 is 0 Å². The highest BCUT2D eigenvalue weighted by atomic mass is 28.2. The number of hydrogen-bond donors (Lipinski definition) is 0. The largest absolute Gasteiger partial charge is 0.306 e. The predicted molar refractivity (Wildman–Crippen MR) is 62.9 cm³/mol. The van der Waals surface area contributed by atoms with E-state index in [0.717, 1.165) is 0 Å². The van der Waals surface area contributed by atoms with Gasteiger partial charge in [0.2, 0.25) is 0 Å². The number of rotatable bonds is 3. The van der Waals surface area contributed by atoms with Gasteiger partial charge in [-0.05, 0) is 45.9 Å². The van der Waals surface area contributed by atoms with Gasteiger partial charge in [-0.25, -0.2) is 0 Å². The van der Waals surface area contributed by atoms with Gasteiger partial charge in [0.05, 0.1) is 9.52 Å². The Morgan fingerprint density at radius 2 is 1.77 bits per heavy atom. The summed E-state index contributed by atoms with van der Waals surface area (Å²) in [5.41, 5.74) is 4.01. The maximum atomic E-state index is 2.68.